The lowest BCUT2D eigenvalue weighted by atomic mass is 10.0. The zero-order chi connectivity index (χ0) is 11.3. The van der Waals surface area contributed by atoms with Gasteiger partial charge >= 0.3 is 5.97 Å². The maximum absolute atomic E-state index is 11.6. The fourth-order valence-electron chi connectivity index (χ4n) is 1.68. The second-order valence-electron chi connectivity index (χ2n) is 4.02. The van der Waals surface area contributed by atoms with Crippen LogP contribution in [-0.2, 0) is 9.59 Å². The molecule has 86 valence electrons. The lowest BCUT2D eigenvalue weighted by Crippen LogP contribution is -2.30. The normalized spacial score (nSPS) is 20.2. The summed E-state index contributed by atoms with van der Waals surface area (Å²) in [5.41, 5.74) is 0. The summed E-state index contributed by atoms with van der Waals surface area (Å²) in [5.74, 6) is -0.396. The predicted octanol–water partition coefficient (Wildman–Crippen LogP) is -0.0809. The average molecular weight is 214 g/mol. The van der Waals surface area contributed by atoms with Crippen molar-refractivity contribution < 1.29 is 14.7 Å². The second-order valence-corrected chi connectivity index (χ2v) is 4.02. The van der Waals surface area contributed by atoms with Gasteiger partial charge in [-0.1, -0.05) is 0 Å². The number of hydrogen-bond acceptors (Lipinski definition) is 3. The first-order valence-electron chi connectivity index (χ1n) is 5.26. The van der Waals surface area contributed by atoms with Gasteiger partial charge in [-0.3, -0.25) is 9.59 Å². The number of carbonyl (C=O) groups is 2. The Hall–Kier alpha value is -1.10. The van der Waals surface area contributed by atoms with Crippen molar-refractivity contribution in [1.29, 1.82) is 0 Å². The fourth-order valence-corrected chi connectivity index (χ4v) is 1.68. The van der Waals surface area contributed by atoms with Crippen LogP contribution in [0.5, 0.6) is 0 Å². The number of rotatable bonds is 5. The molecular formula is C10H18N2O3. The molecule has 1 aliphatic heterocycles. The SMILES string of the molecule is CN(CCC(=O)O)C(=O)CC1CCNC1. The Morgan fingerprint density at radius 3 is 2.80 bits per heavy atom. The highest BCUT2D eigenvalue weighted by Gasteiger charge is 2.20. The number of carbonyl (C=O) groups excluding carboxylic acids is 1. The maximum atomic E-state index is 11.6. The van der Waals surface area contributed by atoms with Crippen molar-refractivity contribution in [1.82, 2.24) is 10.2 Å². The van der Waals surface area contributed by atoms with Crippen LogP contribution in [0, 0.1) is 5.92 Å². The Morgan fingerprint density at radius 2 is 2.27 bits per heavy atom. The van der Waals surface area contributed by atoms with E-state index in [0.717, 1.165) is 19.5 Å². The van der Waals surface area contributed by atoms with Gasteiger partial charge in [0.05, 0.1) is 6.42 Å². The molecule has 1 fully saturated rings. The van der Waals surface area contributed by atoms with Gasteiger partial charge in [-0.2, -0.15) is 0 Å². The second kappa shape index (κ2) is 5.70. The third-order valence-electron chi connectivity index (χ3n) is 2.71. The quantitative estimate of drug-likeness (QED) is 0.671. The molecular weight excluding hydrogens is 196 g/mol. The van der Waals surface area contributed by atoms with E-state index in [1.54, 1.807) is 7.05 Å². The molecule has 0 aromatic carbocycles. The third kappa shape index (κ3) is 4.29. The monoisotopic (exact) mass is 214 g/mol. The van der Waals surface area contributed by atoms with E-state index >= 15 is 0 Å². The lowest BCUT2D eigenvalue weighted by molar-refractivity contribution is -0.138. The first-order valence-corrected chi connectivity index (χ1v) is 5.26. The Morgan fingerprint density at radius 1 is 1.53 bits per heavy atom. The minimum absolute atomic E-state index is 0.0190. The van der Waals surface area contributed by atoms with Crippen LogP contribution in [0.25, 0.3) is 0 Å². The topological polar surface area (TPSA) is 69.6 Å². The van der Waals surface area contributed by atoms with Crippen molar-refractivity contribution >= 4 is 11.9 Å². The van der Waals surface area contributed by atoms with Gasteiger partial charge in [0.2, 0.25) is 5.91 Å². The van der Waals surface area contributed by atoms with E-state index in [-0.39, 0.29) is 12.3 Å². The highest BCUT2D eigenvalue weighted by molar-refractivity contribution is 5.77. The van der Waals surface area contributed by atoms with Crippen LogP contribution in [0.4, 0.5) is 0 Å². The molecule has 0 saturated carbocycles. The number of amides is 1. The summed E-state index contributed by atoms with van der Waals surface area (Å²) >= 11 is 0. The molecule has 0 bridgehead atoms. The summed E-state index contributed by atoms with van der Waals surface area (Å²) < 4.78 is 0. The largest absolute Gasteiger partial charge is 0.481 e. The fraction of sp³-hybridized carbons (Fsp3) is 0.800. The van der Waals surface area contributed by atoms with Gasteiger partial charge in [-0.05, 0) is 25.4 Å². The first-order chi connectivity index (χ1) is 7.09. The number of aliphatic carboxylic acids is 1. The Labute approximate surface area is 89.4 Å². The molecule has 0 aromatic heterocycles. The number of nitrogens with one attached hydrogen (secondary N) is 1. The van der Waals surface area contributed by atoms with Crippen LogP contribution in [0.15, 0.2) is 0 Å². The van der Waals surface area contributed by atoms with Crippen LogP contribution < -0.4 is 5.32 Å². The van der Waals surface area contributed by atoms with Crippen molar-refractivity contribution in [2.75, 3.05) is 26.7 Å². The van der Waals surface area contributed by atoms with E-state index in [0.29, 0.717) is 18.9 Å². The van der Waals surface area contributed by atoms with Crippen molar-refractivity contribution in [3.8, 4) is 0 Å². The summed E-state index contributed by atoms with van der Waals surface area (Å²) in [5, 5.41) is 11.7. The smallest absolute Gasteiger partial charge is 0.305 e. The predicted molar refractivity (Wildman–Crippen MR) is 55.5 cm³/mol. The van der Waals surface area contributed by atoms with Gasteiger partial charge < -0.3 is 15.3 Å². The number of hydrogen-bond donors (Lipinski definition) is 2. The summed E-state index contributed by atoms with van der Waals surface area (Å²) in [4.78, 5) is 23.4. The summed E-state index contributed by atoms with van der Waals surface area (Å²) in [6.45, 7) is 2.18. The van der Waals surface area contributed by atoms with E-state index in [1.807, 2.05) is 0 Å². The lowest BCUT2D eigenvalue weighted by Gasteiger charge is -2.17. The molecule has 1 saturated heterocycles. The van der Waals surface area contributed by atoms with Gasteiger partial charge in [-0.25, -0.2) is 0 Å². The minimum Gasteiger partial charge on any atom is -0.481 e. The molecule has 15 heavy (non-hydrogen) atoms. The van der Waals surface area contributed by atoms with Gasteiger partial charge in [0.25, 0.3) is 0 Å². The Kier molecular flexibility index (Phi) is 4.55. The van der Waals surface area contributed by atoms with Gasteiger partial charge in [-0.15, -0.1) is 0 Å². The highest BCUT2D eigenvalue weighted by Crippen LogP contribution is 2.13. The van der Waals surface area contributed by atoms with E-state index in [1.165, 1.54) is 4.90 Å². The van der Waals surface area contributed by atoms with Crippen LogP contribution in [0.3, 0.4) is 0 Å². The van der Waals surface area contributed by atoms with Crippen molar-refractivity contribution in [2.24, 2.45) is 5.92 Å². The highest BCUT2D eigenvalue weighted by atomic mass is 16.4. The van der Waals surface area contributed by atoms with E-state index < -0.39 is 5.97 Å². The first kappa shape index (κ1) is 12.0. The molecule has 0 aromatic rings. The Balaban J connectivity index is 2.22. The van der Waals surface area contributed by atoms with E-state index in [2.05, 4.69) is 5.32 Å². The van der Waals surface area contributed by atoms with Gasteiger partial charge in [0.15, 0.2) is 0 Å². The molecule has 1 atom stereocenters. The minimum atomic E-state index is -0.864. The molecule has 5 nitrogen and oxygen atoms in total. The van der Waals surface area contributed by atoms with Crippen LogP contribution >= 0.6 is 0 Å². The molecule has 0 radical (unpaired) electrons. The maximum Gasteiger partial charge on any atom is 0.305 e. The summed E-state index contributed by atoms with van der Waals surface area (Å²) in [6.07, 6.45) is 1.59. The van der Waals surface area contributed by atoms with Crippen LogP contribution in [0.2, 0.25) is 0 Å². The number of carboxylic acid groups (broad SMARTS) is 1. The molecule has 1 rings (SSSR count). The molecule has 0 spiro atoms. The zero-order valence-electron chi connectivity index (χ0n) is 9.03. The van der Waals surface area contributed by atoms with Crippen molar-refractivity contribution in [3.63, 3.8) is 0 Å². The van der Waals surface area contributed by atoms with E-state index in [9.17, 15) is 9.59 Å². The third-order valence-corrected chi connectivity index (χ3v) is 2.71. The summed E-state index contributed by atoms with van der Waals surface area (Å²) in [6, 6.07) is 0. The standard InChI is InChI=1S/C10H18N2O3/c1-12(5-3-10(14)15)9(13)6-8-2-4-11-7-8/h8,11H,2-7H2,1H3,(H,14,15). The van der Waals surface area contributed by atoms with Gasteiger partial charge in [0.1, 0.15) is 0 Å². The summed E-state index contributed by atoms with van der Waals surface area (Å²) in [7, 11) is 1.66. The average Bonchev–Trinajstić information content (AvgIpc) is 2.66. The molecule has 1 heterocycles. The zero-order valence-corrected chi connectivity index (χ0v) is 9.03. The number of nitrogens with zero attached hydrogens (tertiary/aromatic N) is 1. The van der Waals surface area contributed by atoms with Crippen LogP contribution in [0.1, 0.15) is 19.3 Å². The van der Waals surface area contributed by atoms with Crippen LogP contribution in [-0.4, -0.2) is 48.6 Å². The molecule has 5 heteroatoms. The molecule has 1 amide bonds. The van der Waals surface area contributed by atoms with Crippen molar-refractivity contribution in [3.05, 3.63) is 0 Å². The molecule has 2 N–H and O–H groups in total. The van der Waals surface area contributed by atoms with Crippen molar-refractivity contribution in [2.45, 2.75) is 19.3 Å². The number of carboxylic acids is 1. The van der Waals surface area contributed by atoms with E-state index in [4.69, 9.17) is 5.11 Å². The molecule has 1 aliphatic rings. The Bertz CT molecular complexity index is 237. The van der Waals surface area contributed by atoms with Gasteiger partial charge in [0, 0.05) is 20.0 Å². The molecule has 0 aliphatic carbocycles. The molecule has 1 unspecified atom stereocenters.